The van der Waals surface area contributed by atoms with Gasteiger partial charge in [-0.25, -0.2) is 0 Å². The Bertz CT molecular complexity index is 1010. The van der Waals surface area contributed by atoms with Crippen LogP contribution in [0.25, 0.3) is 22.0 Å². The molecule has 0 bridgehead atoms. The van der Waals surface area contributed by atoms with Gasteiger partial charge in [0.25, 0.3) is 0 Å². The van der Waals surface area contributed by atoms with Gasteiger partial charge in [0.2, 0.25) is 0 Å². The molecule has 2 heterocycles. The Morgan fingerprint density at radius 1 is 0.926 bits per heavy atom. The third-order valence-corrected chi connectivity index (χ3v) is 4.96. The molecule has 0 fully saturated rings. The van der Waals surface area contributed by atoms with Gasteiger partial charge in [-0.15, -0.1) is 0 Å². The molecule has 0 saturated heterocycles. The molecule has 1 unspecified atom stereocenters. The Balaban J connectivity index is 1.59. The van der Waals surface area contributed by atoms with E-state index in [2.05, 4.69) is 62.9 Å². The summed E-state index contributed by atoms with van der Waals surface area (Å²) in [6, 6.07) is 18.9. The van der Waals surface area contributed by atoms with E-state index in [1.165, 1.54) is 5.56 Å². The minimum Gasteiger partial charge on any atom is -0.330 e. The number of aromatic nitrogens is 4. The molecule has 5 nitrogen and oxygen atoms in total. The number of rotatable bonds is 7. The van der Waals surface area contributed by atoms with Gasteiger partial charge in [-0.2, -0.15) is 15.4 Å². The number of hydrogen-bond donors (Lipinski definition) is 2. The summed E-state index contributed by atoms with van der Waals surface area (Å²) in [4.78, 5) is 4.18. The first-order chi connectivity index (χ1) is 13.3. The molecule has 136 valence electrons. The van der Waals surface area contributed by atoms with Crippen LogP contribution in [0.4, 0.5) is 0 Å². The van der Waals surface area contributed by atoms with Gasteiger partial charge in [-0.05, 0) is 54.8 Å². The molecule has 1 atom stereocenters. The van der Waals surface area contributed by atoms with Crippen LogP contribution in [0.15, 0.2) is 67.0 Å². The van der Waals surface area contributed by atoms with Crippen LogP contribution < -0.4 is 5.73 Å². The average molecular weight is 357 g/mol. The van der Waals surface area contributed by atoms with E-state index in [0.717, 1.165) is 47.0 Å². The summed E-state index contributed by atoms with van der Waals surface area (Å²) < 4.78 is 0. The molecule has 3 N–H and O–H groups in total. The van der Waals surface area contributed by atoms with E-state index < -0.39 is 0 Å². The summed E-state index contributed by atoms with van der Waals surface area (Å²) in [5.41, 5.74) is 10.2. The lowest BCUT2D eigenvalue weighted by Crippen LogP contribution is -2.14. The lowest BCUT2D eigenvalue weighted by molar-refractivity contribution is 0.482. The Morgan fingerprint density at radius 2 is 1.81 bits per heavy atom. The molecule has 0 amide bonds. The smallest absolute Gasteiger partial charge is 0.116 e. The number of nitrogens with one attached hydrogen (secondary N) is 1. The minimum atomic E-state index is 0.436. The summed E-state index contributed by atoms with van der Waals surface area (Å²) in [5.74, 6) is 0.436. The van der Waals surface area contributed by atoms with E-state index in [1.54, 1.807) is 0 Å². The highest BCUT2D eigenvalue weighted by atomic mass is 15.3. The number of pyridine rings is 1. The molecule has 0 saturated carbocycles. The Morgan fingerprint density at radius 3 is 2.67 bits per heavy atom. The molecule has 2 aromatic heterocycles. The predicted octanol–water partition coefficient (Wildman–Crippen LogP) is 3.77. The van der Waals surface area contributed by atoms with E-state index in [9.17, 15) is 0 Å². The zero-order valence-electron chi connectivity index (χ0n) is 15.2. The molecular weight excluding hydrogens is 334 g/mol. The normalized spacial score (nSPS) is 12.3. The Kier molecular flexibility index (Phi) is 5.21. The van der Waals surface area contributed by atoms with Crippen molar-refractivity contribution in [2.75, 3.05) is 6.54 Å². The number of nitrogens with zero attached hydrogens (tertiary/aromatic N) is 3. The molecule has 0 aliphatic carbocycles. The first-order valence-electron chi connectivity index (χ1n) is 9.31. The summed E-state index contributed by atoms with van der Waals surface area (Å²) in [6.07, 6.45) is 6.50. The van der Waals surface area contributed by atoms with Crippen molar-refractivity contribution in [3.8, 4) is 11.3 Å². The quantitative estimate of drug-likeness (QED) is 0.527. The number of aromatic amines is 1. The molecule has 5 heteroatoms. The van der Waals surface area contributed by atoms with Crippen molar-refractivity contribution in [2.45, 2.75) is 19.3 Å². The van der Waals surface area contributed by atoms with Crippen molar-refractivity contribution in [1.29, 1.82) is 0 Å². The van der Waals surface area contributed by atoms with Gasteiger partial charge in [0.05, 0.1) is 5.69 Å². The largest absolute Gasteiger partial charge is 0.330 e. The van der Waals surface area contributed by atoms with Crippen LogP contribution in [-0.2, 0) is 12.8 Å². The van der Waals surface area contributed by atoms with E-state index in [-0.39, 0.29) is 0 Å². The van der Waals surface area contributed by atoms with Crippen LogP contribution in [0.5, 0.6) is 0 Å². The minimum absolute atomic E-state index is 0.436. The molecule has 27 heavy (non-hydrogen) atoms. The van der Waals surface area contributed by atoms with Crippen molar-refractivity contribution in [3.63, 3.8) is 0 Å². The van der Waals surface area contributed by atoms with Crippen LogP contribution in [0.1, 0.15) is 17.7 Å². The lowest BCUT2D eigenvalue weighted by atomic mass is 9.90. The first kappa shape index (κ1) is 17.4. The van der Waals surface area contributed by atoms with Crippen molar-refractivity contribution >= 4 is 10.8 Å². The standard InChI is InChI=1S/C22H23N5/c23-10-8-17(12-16-4-2-1-3-5-16)13-21-22(26-27-25-21)19-6-7-20-15-24-11-9-18(20)14-19/h1-7,9,11,14-15,17H,8,10,12-13,23H2,(H,25,26,27). The highest BCUT2D eigenvalue weighted by Crippen LogP contribution is 2.27. The fourth-order valence-electron chi connectivity index (χ4n) is 3.59. The maximum atomic E-state index is 5.87. The molecule has 0 aliphatic rings. The molecule has 0 aliphatic heterocycles. The van der Waals surface area contributed by atoms with Gasteiger partial charge in [-0.3, -0.25) is 4.98 Å². The van der Waals surface area contributed by atoms with Crippen molar-refractivity contribution in [3.05, 3.63) is 78.2 Å². The van der Waals surface area contributed by atoms with E-state index in [0.29, 0.717) is 12.5 Å². The zero-order chi connectivity index (χ0) is 18.5. The predicted molar refractivity (Wildman–Crippen MR) is 108 cm³/mol. The average Bonchev–Trinajstić information content (AvgIpc) is 3.17. The molecular formula is C22H23N5. The van der Waals surface area contributed by atoms with Crippen LogP contribution >= 0.6 is 0 Å². The van der Waals surface area contributed by atoms with Gasteiger partial charge in [-0.1, -0.05) is 42.5 Å². The van der Waals surface area contributed by atoms with E-state index >= 15 is 0 Å². The van der Waals surface area contributed by atoms with Crippen molar-refractivity contribution in [2.24, 2.45) is 11.7 Å². The molecule has 4 rings (SSSR count). The van der Waals surface area contributed by atoms with Crippen LogP contribution in [0, 0.1) is 5.92 Å². The highest BCUT2D eigenvalue weighted by Gasteiger charge is 2.17. The second-order valence-electron chi connectivity index (χ2n) is 6.89. The fraction of sp³-hybridized carbons (Fsp3) is 0.227. The summed E-state index contributed by atoms with van der Waals surface area (Å²) in [6.45, 7) is 0.674. The monoisotopic (exact) mass is 357 g/mol. The summed E-state index contributed by atoms with van der Waals surface area (Å²) in [7, 11) is 0. The number of nitrogens with two attached hydrogens (primary N) is 1. The van der Waals surface area contributed by atoms with Crippen LogP contribution in [-0.4, -0.2) is 26.9 Å². The van der Waals surface area contributed by atoms with Gasteiger partial charge < -0.3 is 5.73 Å². The zero-order valence-corrected chi connectivity index (χ0v) is 15.2. The number of H-pyrrole nitrogens is 1. The van der Waals surface area contributed by atoms with Gasteiger partial charge in [0, 0.05) is 23.3 Å². The van der Waals surface area contributed by atoms with Gasteiger partial charge in [0.1, 0.15) is 5.69 Å². The molecule has 2 aromatic carbocycles. The third kappa shape index (κ3) is 4.04. The SMILES string of the molecule is NCCC(Cc1ccccc1)Cc1n[nH]nc1-c1ccc2cnccc2c1. The first-order valence-corrected chi connectivity index (χ1v) is 9.31. The van der Waals surface area contributed by atoms with E-state index in [1.807, 2.05) is 24.5 Å². The highest BCUT2D eigenvalue weighted by molar-refractivity contribution is 5.86. The van der Waals surface area contributed by atoms with E-state index in [4.69, 9.17) is 5.73 Å². The second-order valence-corrected chi connectivity index (χ2v) is 6.89. The Labute approximate surface area is 158 Å². The molecule has 0 spiro atoms. The van der Waals surface area contributed by atoms with Crippen LogP contribution in [0.2, 0.25) is 0 Å². The molecule has 4 aromatic rings. The topological polar surface area (TPSA) is 80.5 Å². The van der Waals surface area contributed by atoms with Crippen LogP contribution in [0.3, 0.4) is 0 Å². The Hall–Kier alpha value is -3.05. The summed E-state index contributed by atoms with van der Waals surface area (Å²) >= 11 is 0. The maximum Gasteiger partial charge on any atom is 0.116 e. The number of hydrogen-bond acceptors (Lipinski definition) is 4. The van der Waals surface area contributed by atoms with Gasteiger partial charge in [0.15, 0.2) is 0 Å². The van der Waals surface area contributed by atoms with Crippen molar-refractivity contribution in [1.82, 2.24) is 20.4 Å². The number of benzene rings is 2. The molecule has 0 radical (unpaired) electrons. The lowest BCUT2D eigenvalue weighted by Gasteiger charge is -2.15. The summed E-state index contributed by atoms with van der Waals surface area (Å²) in [5, 5.41) is 14.0. The number of fused-ring (bicyclic) bond motifs is 1. The van der Waals surface area contributed by atoms with Gasteiger partial charge >= 0.3 is 0 Å². The maximum absolute atomic E-state index is 5.87. The third-order valence-electron chi connectivity index (χ3n) is 4.96. The second kappa shape index (κ2) is 8.10. The fourth-order valence-corrected chi connectivity index (χ4v) is 3.59. The van der Waals surface area contributed by atoms with Crippen molar-refractivity contribution < 1.29 is 0 Å².